The summed E-state index contributed by atoms with van der Waals surface area (Å²) >= 11 is 0. The second kappa shape index (κ2) is 4.12. The largest absolute Gasteiger partial charge is 0.341 e. The van der Waals surface area contributed by atoms with E-state index in [1.165, 1.54) is 5.69 Å². The molecule has 3 rings (SSSR count). The number of carbonyl (C=O) groups is 1. The average Bonchev–Trinajstić information content (AvgIpc) is 2.44. The molecule has 3 heteroatoms. The molecule has 0 amide bonds. The highest BCUT2D eigenvalue weighted by Gasteiger charge is 2.23. The molecule has 1 aliphatic heterocycles. The van der Waals surface area contributed by atoms with E-state index in [1.807, 2.05) is 37.4 Å². The Bertz CT molecular complexity index is 664. The van der Waals surface area contributed by atoms with E-state index in [4.69, 9.17) is 0 Å². The molecule has 0 aromatic heterocycles. The van der Waals surface area contributed by atoms with E-state index in [-0.39, 0.29) is 5.78 Å². The van der Waals surface area contributed by atoms with Gasteiger partial charge in [-0.25, -0.2) is 0 Å². The maximum absolute atomic E-state index is 11.5. The predicted molar refractivity (Wildman–Crippen MR) is 79.0 cm³/mol. The van der Waals surface area contributed by atoms with Gasteiger partial charge in [0.1, 0.15) is 0 Å². The lowest BCUT2D eigenvalue weighted by atomic mass is 10.0. The molecule has 0 fully saturated rings. The lowest BCUT2D eigenvalue weighted by molar-refractivity contribution is 0.101. The molecule has 96 valence electrons. The van der Waals surface area contributed by atoms with Crippen molar-refractivity contribution in [3.8, 4) is 0 Å². The number of Topliss-reactive ketones (excluding diaryl/α,β-unsaturated/α-hetero) is 1. The van der Waals surface area contributed by atoms with Crippen molar-refractivity contribution in [3.63, 3.8) is 0 Å². The third-order valence-corrected chi connectivity index (χ3v) is 3.71. The second-order valence-electron chi connectivity index (χ2n) is 4.87. The first-order chi connectivity index (χ1) is 9.09. The summed E-state index contributed by atoms with van der Waals surface area (Å²) in [7, 11) is 4.09. The Kier molecular flexibility index (Phi) is 2.56. The molecular formula is C16H16N2O. The highest BCUT2D eigenvalue weighted by Crippen LogP contribution is 2.46. The van der Waals surface area contributed by atoms with Gasteiger partial charge >= 0.3 is 0 Å². The normalized spacial score (nSPS) is 13.0. The van der Waals surface area contributed by atoms with Crippen LogP contribution in [0.1, 0.15) is 17.3 Å². The molecule has 0 radical (unpaired) electrons. The standard InChI is InChI=1S/C16H16N2O/c1-11(19)12-8-9-15-16(10-12)18(3)14-7-5-4-6-13(14)17(15)2/h4-10H,1-3H3. The first-order valence-corrected chi connectivity index (χ1v) is 6.31. The third kappa shape index (κ3) is 1.70. The smallest absolute Gasteiger partial charge is 0.159 e. The summed E-state index contributed by atoms with van der Waals surface area (Å²) in [6.45, 7) is 1.60. The van der Waals surface area contributed by atoms with Crippen LogP contribution >= 0.6 is 0 Å². The zero-order valence-electron chi connectivity index (χ0n) is 11.3. The topological polar surface area (TPSA) is 23.6 Å². The van der Waals surface area contributed by atoms with E-state index in [2.05, 4.69) is 29.0 Å². The molecule has 1 aliphatic rings. The summed E-state index contributed by atoms with van der Waals surface area (Å²) in [5, 5.41) is 0. The third-order valence-electron chi connectivity index (χ3n) is 3.71. The second-order valence-corrected chi connectivity index (χ2v) is 4.87. The van der Waals surface area contributed by atoms with Crippen LogP contribution < -0.4 is 9.80 Å². The van der Waals surface area contributed by atoms with Crippen molar-refractivity contribution < 1.29 is 4.79 Å². The van der Waals surface area contributed by atoms with Gasteiger partial charge in [0.05, 0.1) is 22.7 Å². The van der Waals surface area contributed by atoms with Crippen molar-refractivity contribution in [2.45, 2.75) is 6.92 Å². The van der Waals surface area contributed by atoms with Gasteiger partial charge < -0.3 is 9.80 Å². The molecule has 2 aromatic rings. The van der Waals surface area contributed by atoms with E-state index in [1.54, 1.807) is 6.92 Å². The maximum Gasteiger partial charge on any atom is 0.159 e. The average molecular weight is 252 g/mol. The summed E-state index contributed by atoms with van der Waals surface area (Å²) in [5.41, 5.74) is 5.25. The SMILES string of the molecule is CC(=O)c1ccc2c(c1)N(C)c1ccccc1N2C. The van der Waals surface area contributed by atoms with E-state index in [9.17, 15) is 4.79 Å². The molecule has 0 aliphatic carbocycles. The minimum atomic E-state index is 0.0951. The summed E-state index contributed by atoms with van der Waals surface area (Å²) in [6, 6.07) is 14.1. The fourth-order valence-corrected chi connectivity index (χ4v) is 2.59. The molecule has 0 bridgehead atoms. The maximum atomic E-state index is 11.5. The first kappa shape index (κ1) is 11.8. The molecule has 19 heavy (non-hydrogen) atoms. The van der Waals surface area contributed by atoms with Crippen LogP contribution in [0.2, 0.25) is 0 Å². The molecule has 0 N–H and O–H groups in total. The number of benzene rings is 2. The number of hydrogen-bond donors (Lipinski definition) is 0. The molecule has 1 heterocycles. The number of anilines is 4. The zero-order valence-corrected chi connectivity index (χ0v) is 11.3. The number of rotatable bonds is 1. The van der Waals surface area contributed by atoms with Crippen LogP contribution in [-0.4, -0.2) is 19.9 Å². The van der Waals surface area contributed by atoms with E-state index < -0.39 is 0 Å². The monoisotopic (exact) mass is 252 g/mol. The first-order valence-electron chi connectivity index (χ1n) is 6.31. The van der Waals surface area contributed by atoms with Crippen molar-refractivity contribution in [2.75, 3.05) is 23.9 Å². The van der Waals surface area contributed by atoms with Crippen LogP contribution in [0.5, 0.6) is 0 Å². The van der Waals surface area contributed by atoms with E-state index in [0.717, 1.165) is 22.6 Å². The summed E-state index contributed by atoms with van der Waals surface area (Å²) in [5.74, 6) is 0.0951. The van der Waals surface area contributed by atoms with Gasteiger partial charge in [-0.2, -0.15) is 0 Å². The van der Waals surface area contributed by atoms with Gasteiger partial charge in [0.25, 0.3) is 0 Å². The Morgan fingerprint density at radius 1 is 0.842 bits per heavy atom. The van der Waals surface area contributed by atoms with Crippen molar-refractivity contribution in [3.05, 3.63) is 48.0 Å². The predicted octanol–water partition coefficient (Wildman–Crippen LogP) is 3.74. The van der Waals surface area contributed by atoms with Crippen LogP contribution in [0.3, 0.4) is 0 Å². The molecule has 3 nitrogen and oxygen atoms in total. The minimum Gasteiger partial charge on any atom is -0.341 e. The van der Waals surface area contributed by atoms with Crippen LogP contribution in [0.25, 0.3) is 0 Å². The van der Waals surface area contributed by atoms with Crippen LogP contribution in [0.4, 0.5) is 22.7 Å². The molecule has 0 atom stereocenters. The Hall–Kier alpha value is -2.29. The number of carbonyl (C=O) groups excluding carboxylic acids is 1. The number of hydrogen-bond acceptors (Lipinski definition) is 3. The number of fused-ring (bicyclic) bond motifs is 2. The molecule has 0 spiro atoms. The number of nitrogens with zero attached hydrogens (tertiary/aromatic N) is 2. The summed E-state index contributed by atoms with van der Waals surface area (Å²) < 4.78 is 0. The molecule has 0 saturated carbocycles. The highest BCUT2D eigenvalue weighted by atomic mass is 16.1. The lowest BCUT2D eigenvalue weighted by Crippen LogP contribution is -2.24. The summed E-state index contributed by atoms with van der Waals surface area (Å²) in [4.78, 5) is 15.8. The zero-order chi connectivity index (χ0) is 13.6. The van der Waals surface area contributed by atoms with Crippen molar-refractivity contribution in [2.24, 2.45) is 0 Å². The van der Waals surface area contributed by atoms with Crippen LogP contribution in [0, 0.1) is 0 Å². The number of ketones is 1. The van der Waals surface area contributed by atoms with Gasteiger partial charge in [0, 0.05) is 19.7 Å². The van der Waals surface area contributed by atoms with Crippen molar-refractivity contribution in [1.29, 1.82) is 0 Å². The van der Waals surface area contributed by atoms with E-state index >= 15 is 0 Å². The van der Waals surface area contributed by atoms with Crippen LogP contribution in [0.15, 0.2) is 42.5 Å². The molecule has 2 aromatic carbocycles. The number of para-hydroxylation sites is 2. The molecule has 0 unspecified atom stereocenters. The fraction of sp³-hybridized carbons (Fsp3) is 0.188. The fourth-order valence-electron chi connectivity index (χ4n) is 2.59. The highest BCUT2D eigenvalue weighted by molar-refractivity contribution is 5.99. The van der Waals surface area contributed by atoms with Gasteiger partial charge in [-0.15, -0.1) is 0 Å². The Balaban J connectivity index is 2.21. The minimum absolute atomic E-state index is 0.0951. The lowest BCUT2D eigenvalue weighted by Gasteiger charge is -2.36. The van der Waals surface area contributed by atoms with Gasteiger partial charge in [-0.1, -0.05) is 12.1 Å². The quantitative estimate of drug-likeness (QED) is 0.722. The van der Waals surface area contributed by atoms with Gasteiger partial charge in [-0.05, 0) is 37.3 Å². The van der Waals surface area contributed by atoms with Gasteiger partial charge in [0.15, 0.2) is 5.78 Å². The van der Waals surface area contributed by atoms with Crippen molar-refractivity contribution in [1.82, 2.24) is 0 Å². The van der Waals surface area contributed by atoms with Gasteiger partial charge in [0.2, 0.25) is 0 Å². The Morgan fingerprint density at radius 2 is 1.37 bits per heavy atom. The Labute approximate surface area is 113 Å². The van der Waals surface area contributed by atoms with Crippen molar-refractivity contribution >= 4 is 28.5 Å². The van der Waals surface area contributed by atoms with Crippen LogP contribution in [-0.2, 0) is 0 Å². The Morgan fingerprint density at radius 3 is 1.95 bits per heavy atom. The van der Waals surface area contributed by atoms with Gasteiger partial charge in [-0.3, -0.25) is 4.79 Å². The molecule has 0 saturated heterocycles. The molecular weight excluding hydrogens is 236 g/mol. The van der Waals surface area contributed by atoms with E-state index in [0.29, 0.717) is 0 Å². The summed E-state index contributed by atoms with van der Waals surface area (Å²) in [6.07, 6.45) is 0.